The molecule has 1 aliphatic heterocycles. The maximum atomic E-state index is 6.19. The van der Waals surface area contributed by atoms with E-state index in [1.807, 2.05) is 48.7 Å². The predicted molar refractivity (Wildman–Crippen MR) is 96.5 cm³/mol. The average Bonchev–Trinajstić information content (AvgIpc) is 3.12. The minimum atomic E-state index is 0.535. The molecule has 3 aromatic rings. The first-order valence-electron chi connectivity index (χ1n) is 8.25. The van der Waals surface area contributed by atoms with Crippen LogP contribution in [0, 0.1) is 0 Å². The summed E-state index contributed by atoms with van der Waals surface area (Å²) < 4.78 is 5.40. The first-order chi connectivity index (χ1) is 12.3. The van der Waals surface area contributed by atoms with Crippen LogP contribution < -0.4 is 4.90 Å². The molecule has 0 N–H and O–H groups in total. The minimum absolute atomic E-state index is 0.535. The summed E-state index contributed by atoms with van der Waals surface area (Å²) in [4.78, 5) is 13.5. The van der Waals surface area contributed by atoms with Gasteiger partial charge in [0.25, 0.3) is 0 Å². The maximum Gasteiger partial charge on any atom is 0.241 e. The highest BCUT2D eigenvalue weighted by atomic mass is 35.5. The minimum Gasteiger partial charge on any atom is -0.354 e. The van der Waals surface area contributed by atoms with Gasteiger partial charge in [0, 0.05) is 37.9 Å². The fraction of sp³-hybridized carbons (Fsp3) is 0.278. The molecule has 128 valence electrons. The van der Waals surface area contributed by atoms with E-state index in [1.54, 1.807) is 0 Å². The van der Waals surface area contributed by atoms with Crippen LogP contribution in [0.15, 0.2) is 53.2 Å². The van der Waals surface area contributed by atoms with Gasteiger partial charge in [0.05, 0.1) is 11.6 Å². The molecule has 2 aromatic heterocycles. The molecule has 4 rings (SSSR count). The van der Waals surface area contributed by atoms with Gasteiger partial charge in [-0.15, -0.1) is 0 Å². The van der Waals surface area contributed by atoms with Gasteiger partial charge in [-0.3, -0.25) is 4.90 Å². The molecule has 0 amide bonds. The van der Waals surface area contributed by atoms with Crippen LogP contribution in [0.5, 0.6) is 0 Å². The Morgan fingerprint density at radius 1 is 1.00 bits per heavy atom. The summed E-state index contributed by atoms with van der Waals surface area (Å²) in [6.07, 6.45) is 1.83. The summed E-state index contributed by atoms with van der Waals surface area (Å²) in [5.74, 6) is 2.18. The van der Waals surface area contributed by atoms with E-state index in [2.05, 4.69) is 24.9 Å². The molecule has 1 saturated heterocycles. The van der Waals surface area contributed by atoms with Crippen LogP contribution in [0.25, 0.3) is 11.4 Å². The van der Waals surface area contributed by atoms with E-state index in [0.29, 0.717) is 23.3 Å². The summed E-state index contributed by atoms with van der Waals surface area (Å²) in [7, 11) is 0. The zero-order valence-electron chi connectivity index (χ0n) is 13.7. The number of anilines is 1. The van der Waals surface area contributed by atoms with Gasteiger partial charge in [0.1, 0.15) is 5.82 Å². The van der Waals surface area contributed by atoms with Crippen LogP contribution in [-0.4, -0.2) is 46.2 Å². The molecular weight excluding hydrogens is 338 g/mol. The van der Waals surface area contributed by atoms with Crippen molar-refractivity contribution in [3.63, 3.8) is 0 Å². The van der Waals surface area contributed by atoms with Crippen molar-refractivity contribution in [2.24, 2.45) is 0 Å². The number of piperazine rings is 1. The number of hydrogen-bond donors (Lipinski definition) is 0. The van der Waals surface area contributed by atoms with Crippen LogP contribution in [0.2, 0.25) is 5.02 Å². The highest BCUT2D eigenvalue weighted by Crippen LogP contribution is 2.25. The van der Waals surface area contributed by atoms with E-state index in [1.165, 1.54) is 0 Å². The molecule has 1 aliphatic rings. The Hall–Kier alpha value is -2.44. The number of aromatic nitrogens is 3. The van der Waals surface area contributed by atoms with Crippen molar-refractivity contribution in [1.29, 1.82) is 0 Å². The molecule has 0 atom stereocenters. The summed E-state index contributed by atoms with van der Waals surface area (Å²) in [5, 5.41) is 4.68. The standard InChI is InChI=1S/C18H18ClN5O/c19-15-6-2-1-5-14(15)18-21-17(25-22-18)13-23-9-11-24(12-10-23)16-7-3-4-8-20-16/h1-8H,9-13H2. The average molecular weight is 356 g/mol. The van der Waals surface area contributed by atoms with Gasteiger partial charge in [-0.1, -0.05) is 35.0 Å². The third-order valence-corrected chi connectivity index (χ3v) is 4.62. The number of halogens is 1. The van der Waals surface area contributed by atoms with Crippen LogP contribution in [0.1, 0.15) is 5.89 Å². The number of nitrogens with zero attached hydrogens (tertiary/aromatic N) is 5. The molecule has 7 heteroatoms. The molecular formula is C18H18ClN5O. The molecule has 0 aliphatic carbocycles. The zero-order chi connectivity index (χ0) is 17.1. The van der Waals surface area contributed by atoms with Gasteiger partial charge in [-0.2, -0.15) is 4.98 Å². The Balaban J connectivity index is 1.37. The van der Waals surface area contributed by atoms with Crippen molar-refractivity contribution in [3.05, 3.63) is 59.6 Å². The fourth-order valence-corrected chi connectivity index (χ4v) is 3.16. The van der Waals surface area contributed by atoms with Crippen LogP contribution in [0.3, 0.4) is 0 Å². The lowest BCUT2D eigenvalue weighted by molar-refractivity contribution is 0.215. The van der Waals surface area contributed by atoms with Crippen molar-refractivity contribution in [1.82, 2.24) is 20.0 Å². The molecule has 0 radical (unpaired) electrons. The number of pyridine rings is 1. The van der Waals surface area contributed by atoms with E-state index in [4.69, 9.17) is 16.1 Å². The second-order valence-electron chi connectivity index (χ2n) is 5.94. The van der Waals surface area contributed by atoms with Gasteiger partial charge < -0.3 is 9.42 Å². The van der Waals surface area contributed by atoms with Gasteiger partial charge in [0.2, 0.25) is 11.7 Å². The van der Waals surface area contributed by atoms with E-state index in [-0.39, 0.29) is 0 Å². The summed E-state index contributed by atoms with van der Waals surface area (Å²) in [6.45, 7) is 4.37. The highest BCUT2D eigenvalue weighted by Gasteiger charge is 2.20. The van der Waals surface area contributed by atoms with E-state index >= 15 is 0 Å². The number of rotatable bonds is 4. The number of benzene rings is 1. The summed E-state index contributed by atoms with van der Waals surface area (Å²) in [5.41, 5.74) is 0.791. The zero-order valence-corrected chi connectivity index (χ0v) is 14.4. The molecule has 6 nitrogen and oxygen atoms in total. The van der Waals surface area contributed by atoms with Crippen molar-refractivity contribution in [2.75, 3.05) is 31.1 Å². The Bertz CT molecular complexity index is 830. The molecule has 3 heterocycles. The molecule has 25 heavy (non-hydrogen) atoms. The van der Waals surface area contributed by atoms with Gasteiger partial charge in [0.15, 0.2) is 0 Å². The van der Waals surface area contributed by atoms with E-state index in [0.717, 1.165) is 37.6 Å². The van der Waals surface area contributed by atoms with Crippen molar-refractivity contribution >= 4 is 17.4 Å². The highest BCUT2D eigenvalue weighted by molar-refractivity contribution is 6.33. The molecule has 1 fully saturated rings. The molecule has 0 bridgehead atoms. The van der Waals surface area contributed by atoms with Gasteiger partial charge in [-0.05, 0) is 24.3 Å². The van der Waals surface area contributed by atoms with Gasteiger partial charge in [-0.25, -0.2) is 4.98 Å². The predicted octanol–water partition coefficient (Wildman–Crippen LogP) is 3.11. The van der Waals surface area contributed by atoms with Crippen LogP contribution in [0.4, 0.5) is 5.82 Å². The lowest BCUT2D eigenvalue weighted by atomic mass is 10.2. The number of hydrogen-bond acceptors (Lipinski definition) is 6. The normalized spacial score (nSPS) is 15.5. The molecule has 0 saturated carbocycles. The quantitative estimate of drug-likeness (QED) is 0.716. The summed E-state index contributed by atoms with van der Waals surface area (Å²) >= 11 is 6.19. The Morgan fingerprint density at radius 3 is 2.56 bits per heavy atom. The van der Waals surface area contributed by atoms with Crippen molar-refractivity contribution in [2.45, 2.75) is 6.54 Å². The lowest BCUT2D eigenvalue weighted by Gasteiger charge is -2.34. The van der Waals surface area contributed by atoms with Crippen LogP contribution in [-0.2, 0) is 6.54 Å². The largest absolute Gasteiger partial charge is 0.354 e. The second-order valence-corrected chi connectivity index (χ2v) is 6.35. The van der Waals surface area contributed by atoms with Crippen LogP contribution >= 0.6 is 11.6 Å². The maximum absolute atomic E-state index is 6.19. The second kappa shape index (κ2) is 7.21. The Labute approximate surface area is 151 Å². The molecule has 0 unspecified atom stereocenters. The Kier molecular flexibility index (Phi) is 4.63. The van der Waals surface area contributed by atoms with Crippen molar-refractivity contribution < 1.29 is 4.52 Å². The third kappa shape index (κ3) is 3.65. The first-order valence-corrected chi connectivity index (χ1v) is 8.63. The molecule has 0 spiro atoms. The van der Waals surface area contributed by atoms with E-state index in [9.17, 15) is 0 Å². The topological polar surface area (TPSA) is 58.3 Å². The van der Waals surface area contributed by atoms with Gasteiger partial charge >= 0.3 is 0 Å². The fourth-order valence-electron chi connectivity index (χ4n) is 2.94. The molecule has 1 aromatic carbocycles. The van der Waals surface area contributed by atoms with E-state index < -0.39 is 0 Å². The monoisotopic (exact) mass is 355 g/mol. The first kappa shape index (κ1) is 16.1. The smallest absolute Gasteiger partial charge is 0.241 e. The Morgan fingerprint density at radius 2 is 1.80 bits per heavy atom. The summed E-state index contributed by atoms with van der Waals surface area (Å²) in [6, 6.07) is 13.5. The van der Waals surface area contributed by atoms with Crippen molar-refractivity contribution in [3.8, 4) is 11.4 Å². The third-order valence-electron chi connectivity index (χ3n) is 4.29. The SMILES string of the molecule is Clc1ccccc1-c1noc(CN2CCN(c3ccccn3)CC2)n1. The lowest BCUT2D eigenvalue weighted by Crippen LogP contribution is -2.46.